The van der Waals surface area contributed by atoms with Crippen molar-refractivity contribution in [2.45, 2.75) is 44.6 Å². The van der Waals surface area contributed by atoms with E-state index in [4.69, 9.17) is 16.6 Å². The standard InChI is InChI=1S/C32H38ClFN6O3/c1-5-8-26(42)39-13-15-40(16-14-39)30-22-17-24(33)27(23-19-32(2,43)18-20-9-6-7-10-21(20)23)28(34)29(22)36-31(37-30)35-12-11-25(41)38(3)4/h5-10,17,23,43H,11-16,18-19H2,1-4H3,(H,35,36,37)/b8-5+/t23-,32?/m0/s1. The van der Waals surface area contributed by atoms with Crippen molar-refractivity contribution in [1.82, 2.24) is 19.8 Å². The van der Waals surface area contributed by atoms with Crippen LogP contribution in [0.25, 0.3) is 10.9 Å². The average molecular weight is 609 g/mol. The number of anilines is 2. The van der Waals surface area contributed by atoms with E-state index in [1.807, 2.05) is 29.2 Å². The zero-order valence-electron chi connectivity index (χ0n) is 25.0. The highest BCUT2D eigenvalue weighted by atomic mass is 35.5. The molecule has 2 heterocycles. The number of piperazine rings is 1. The molecule has 1 aromatic heterocycles. The molecule has 0 saturated carbocycles. The Morgan fingerprint density at radius 1 is 1.21 bits per heavy atom. The number of hydrogen-bond donors (Lipinski definition) is 2. The van der Waals surface area contributed by atoms with Gasteiger partial charge in [-0.15, -0.1) is 0 Å². The first-order valence-electron chi connectivity index (χ1n) is 14.6. The molecule has 0 bridgehead atoms. The van der Waals surface area contributed by atoms with Gasteiger partial charge in [0.2, 0.25) is 17.8 Å². The highest BCUT2D eigenvalue weighted by molar-refractivity contribution is 6.32. The van der Waals surface area contributed by atoms with E-state index >= 15 is 4.39 Å². The van der Waals surface area contributed by atoms with Crippen molar-refractivity contribution >= 4 is 46.1 Å². The molecule has 43 heavy (non-hydrogen) atoms. The molecular formula is C32H38ClFN6O3. The molecule has 3 aromatic rings. The third-order valence-corrected chi connectivity index (χ3v) is 8.53. The molecule has 228 valence electrons. The van der Waals surface area contributed by atoms with Gasteiger partial charge < -0.3 is 25.1 Å². The Balaban J connectivity index is 1.58. The second-order valence-electron chi connectivity index (χ2n) is 11.8. The molecule has 2 aromatic carbocycles. The molecule has 1 saturated heterocycles. The Kier molecular flexibility index (Phi) is 8.89. The number of hydrogen-bond acceptors (Lipinski definition) is 7. The highest BCUT2D eigenvalue weighted by Gasteiger charge is 2.37. The summed E-state index contributed by atoms with van der Waals surface area (Å²) in [4.78, 5) is 39.2. The lowest BCUT2D eigenvalue weighted by Crippen LogP contribution is -2.48. The maximum absolute atomic E-state index is 16.8. The number of rotatable bonds is 7. The first kappa shape index (κ1) is 30.7. The molecule has 0 radical (unpaired) electrons. The smallest absolute Gasteiger partial charge is 0.246 e. The summed E-state index contributed by atoms with van der Waals surface area (Å²) in [7, 11) is 3.38. The van der Waals surface area contributed by atoms with Gasteiger partial charge in [0.25, 0.3) is 0 Å². The van der Waals surface area contributed by atoms with Gasteiger partial charge in [0, 0.05) is 81.6 Å². The quantitative estimate of drug-likeness (QED) is 0.384. The van der Waals surface area contributed by atoms with E-state index in [2.05, 4.69) is 10.3 Å². The van der Waals surface area contributed by atoms with Gasteiger partial charge in [-0.2, -0.15) is 4.98 Å². The summed E-state index contributed by atoms with van der Waals surface area (Å²) in [6.07, 6.45) is 4.27. The fraction of sp³-hybridized carbons (Fsp3) is 0.438. The molecule has 11 heteroatoms. The third kappa shape index (κ3) is 6.45. The van der Waals surface area contributed by atoms with E-state index in [1.54, 1.807) is 51.1 Å². The van der Waals surface area contributed by atoms with Gasteiger partial charge in [-0.25, -0.2) is 9.37 Å². The number of carbonyl (C=O) groups is 2. The summed E-state index contributed by atoms with van der Waals surface area (Å²) in [6, 6.07) is 9.47. The largest absolute Gasteiger partial charge is 0.390 e. The number of amides is 2. The van der Waals surface area contributed by atoms with Gasteiger partial charge in [0.15, 0.2) is 5.82 Å². The molecule has 1 fully saturated rings. The van der Waals surface area contributed by atoms with Crippen molar-refractivity contribution in [2.24, 2.45) is 0 Å². The lowest BCUT2D eigenvalue weighted by atomic mass is 9.72. The maximum atomic E-state index is 16.8. The SMILES string of the molecule is C/C=C/C(=O)N1CCN(c2nc(NCCC(=O)N(C)C)nc3c(F)c([C@H]4CC(C)(O)Cc5ccccc54)c(Cl)cc23)CC1. The van der Waals surface area contributed by atoms with Crippen molar-refractivity contribution in [2.75, 3.05) is 57.0 Å². The fourth-order valence-corrected chi connectivity index (χ4v) is 6.37. The second-order valence-corrected chi connectivity index (χ2v) is 12.2. The number of halogens is 2. The number of allylic oxidation sites excluding steroid dienone is 1. The molecule has 2 atom stereocenters. The Morgan fingerprint density at radius 2 is 1.93 bits per heavy atom. The van der Waals surface area contributed by atoms with Crippen LogP contribution in [-0.4, -0.2) is 89.1 Å². The van der Waals surface area contributed by atoms with Crippen LogP contribution in [-0.2, 0) is 16.0 Å². The van der Waals surface area contributed by atoms with Crippen LogP contribution in [0.1, 0.15) is 49.3 Å². The van der Waals surface area contributed by atoms with Crippen molar-refractivity contribution in [1.29, 1.82) is 0 Å². The monoisotopic (exact) mass is 608 g/mol. The van der Waals surface area contributed by atoms with Crippen molar-refractivity contribution in [3.63, 3.8) is 0 Å². The van der Waals surface area contributed by atoms with E-state index in [0.29, 0.717) is 55.8 Å². The molecule has 2 amide bonds. The number of aromatic nitrogens is 2. The number of nitrogens with one attached hydrogen (secondary N) is 1. The molecule has 1 aliphatic carbocycles. The van der Waals surface area contributed by atoms with Crippen LogP contribution in [0.5, 0.6) is 0 Å². The van der Waals surface area contributed by atoms with E-state index in [9.17, 15) is 14.7 Å². The summed E-state index contributed by atoms with van der Waals surface area (Å²) < 4.78 is 16.8. The number of benzene rings is 2. The zero-order valence-corrected chi connectivity index (χ0v) is 25.8. The Bertz CT molecular complexity index is 1570. The van der Waals surface area contributed by atoms with Crippen LogP contribution in [0.4, 0.5) is 16.2 Å². The molecule has 2 aliphatic rings. The Labute approximate surface area is 256 Å². The van der Waals surface area contributed by atoms with Gasteiger partial charge in [-0.05, 0) is 43.5 Å². The van der Waals surface area contributed by atoms with Crippen LogP contribution < -0.4 is 10.2 Å². The van der Waals surface area contributed by atoms with E-state index in [-0.39, 0.29) is 41.3 Å². The van der Waals surface area contributed by atoms with E-state index in [0.717, 1.165) is 11.1 Å². The summed E-state index contributed by atoms with van der Waals surface area (Å²) in [5.41, 5.74) is 1.27. The third-order valence-electron chi connectivity index (χ3n) is 8.21. The number of carbonyl (C=O) groups excluding carboxylic acids is 2. The Hall–Kier alpha value is -3.76. The Morgan fingerprint density at radius 3 is 2.63 bits per heavy atom. The van der Waals surface area contributed by atoms with Crippen molar-refractivity contribution in [3.8, 4) is 0 Å². The van der Waals surface area contributed by atoms with Gasteiger partial charge >= 0.3 is 0 Å². The lowest BCUT2D eigenvalue weighted by molar-refractivity contribution is -0.128. The van der Waals surface area contributed by atoms with Crippen molar-refractivity contribution in [3.05, 3.63) is 70.0 Å². The second kappa shape index (κ2) is 12.5. The minimum Gasteiger partial charge on any atom is -0.390 e. The lowest BCUT2D eigenvalue weighted by Gasteiger charge is -2.37. The van der Waals surface area contributed by atoms with Crippen LogP contribution in [0.15, 0.2) is 42.5 Å². The summed E-state index contributed by atoms with van der Waals surface area (Å²) >= 11 is 6.89. The summed E-state index contributed by atoms with van der Waals surface area (Å²) in [5.74, 6) is -0.426. The predicted octanol–water partition coefficient (Wildman–Crippen LogP) is 4.37. The minimum absolute atomic E-state index is 0.0509. The maximum Gasteiger partial charge on any atom is 0.246 e. The van der Waals surface area contributed by atoms with Crippen LogP contribution in [0.2, 0.25) is 5.02 Å². The fourth-order valence-electron chi connectivity index (χ4n) is 6.05. The molecule has 0 spiro atoms. The summed E-state index contributed by atoms with van der Waals surface area (Å²) in [5, 5.41) is 14.9. The average Bonchev–Trinajstić information content (AvgIpc) is 2.96. The van der Waals surface area contributed by atoms with Crippen molar-refractivity contribution < 1.29 is 19.1 Å². The normalized spacial score (nSPS) is 20.4. The molecule has 5 rings (SSSR count). The van der Waals surface area contributed by atoms with Crippen LogP contribution >= 0.6 is 11.6 Å². The number of fused-ring (bicyclic) bond motifs is 2. The molecular weight excluding hydrogens is 571 g/mol. The molecule has 1 aliphatic heterocycles. The van der Waals surface area contributed by atoms with Gasteiger partial charge in [-0.3, -0.25) is 9.59 Å². The van der Waals surface area contributed by atoms with Crippen LogP contribution in [0, 0.1) is 5.82 Å². The molecule has 1 unspecified atom stereocenters. The zero-order chi connectivity index (χ0) is 30.9. The van der Waals surface area contributed by atoms with E-state index < -0.39 is 17.3 Å². The molecule has 2 N–H and O–H groups in total. The van der Waals surface area contributed by atoms with Gasteiger partial charge in [0.05, 0.1) is 5.60 Å². The van der Waals surface area contributed by atoms with E-state index in [1.165, 1.54) is 4.90 Å². The van der Waals surface area contributed by atoms with Crippen LogP contribution in [0.3, 0.4) is 0 Å². The highest BCUT2D eigenvalue weighted by Crippen LogP contribution is 2.46. The molecule has 9 nitrogen and oxygen atoms in total. The number of aliphatic hydroxyl groups is 1. The first-order chi connectivity index (χ1) is 20.5. The van der Waals surface area contributed by atoms with Gasteiger partial charge in [0.1, 0.15) is 11.3 Å². The first-order valence-corrected chi connectivity index (χ1v) is 15.0. The summed E-state index contributed by atoms with van der Waals surface area (Å²) in [6.45, 7) is 5.80. The topological polar surface area (TPSA) is 102 Å². The predicted molar refractivity (Wildman–Crippen MR) is 167 cm³/mol. The number of nitrogens with zero attached hydrogens (tertiary/aromatic N) is 5. The minimum atomic E-state index is -1.03. The van der Waals surface area contributed by atoms with Gasteiger partial charge in [-0.1, -0.05) is 41.9 Å².